The molecule has 114 valence electrons. The first kappa shape index (κ1) is 14.8. The number of amides is 2. The molecule has 0 atom stereocenters. The Kier molecular flexibility index (Phi) is 3.82. The van der Waals surface area contributed by atoms with Crippen LogP contribution in [-0.2, 0) is 22.4 Å². The molecule has 5 heteroatoms. The predicted octanol–water partition coefficient (Wildman–Crippen LogP) is 2.26. The van der Waals surface area contributed by atoms with Crippen LogP contribution in [0.25, 0.3) is 0 Å². The number of nitrogens with one attached hydrogen (secondary N) is 1. The number of rotatable bonds is 3. The van der Waals surface area contributed by atoms with Crippen molar-refractivity contribution in [3.63, 3.8) is 0 Å². The van der Waals surface area contributed by atoms with Gasteiger partial charge in [-0.2, -0.15) is 5.26 Å². The van der Waals surface area contributed by atoms with Crippen LogP contribution in [0.1, 0.15) is 16.7 Å². The molecule has 0 radical (unpaired) electrons. The first-order valence-corrected chi connectivity index (χ1v) is 7.25. The highest BCUT2D eigenvalue weighted by Crippen LogP contribution is 2.28. The molecule has 3 rings (SSSR count). The third-order valence-corrected chi connectivity index (χ3v) is 3.86. The smallest absolute Gasteiger partial charge is 0.231 e. The predicted molar refractivity (Wildman–Crippen MR) is 87.0 cm³/mol. The van der Waals surface area contributed by atoms with E-state index >= 15 is 0 Å². The van der Waals surface area contributed by atoms with E-state index in [1.54, 1.807) is 36.2 Å². The van der Waals surface area contributed by atoms with E-state index in [1.807, 2.05) is 24.3 Å². The van der Waals surface area contributed by atoms with E-state index in [1.165, 1.54) is 0 Å². The maximum Gasteiger partial charge on any atom is 0.231 e. The Morgan fingerprint density at radius 1 is 1.30 bits per heavy atom. The van der Waals surface area contributed by atoms with Gasteiger partial charge in [0.05, 0.1) is 24.5 Å². The van der Waals surface area contributed by atoms with E-state index in [0.29, 0.717) is 17.7 Å². The van der Waals surface area contributed by atoms with E-state index in [0.717, 1.165) is 16.8 Å². The highest BCUT2D eigenvalue weighted by atomic mass is 16.2. The van der Waals surface area contributed by atoms with Gasteiger partial charge in [0.25, 0.3) is 0 Å². The molecule has 0 unspecified atom stereocenters. The summed E-state index contributed by atoms with van der Waals surface area (Å²) < 4.78 is 0. The topological polar surface area (TPSA) is 73.2 Å². The zero-order valence-corrected chi connectivity index (χ0v) is 12.7. The van der Waals surface area contributed by atoms with Crippen LogP contribution in [0.4, 0.5) is 11.4 Å². The van der Waals surface area contributed by atoms with Gasteiger partial charge in [-0.1, -0.05) is 18.2 Å². The van der Waals surface area contributed by atoms with Crippen molar-refractivity contribution in [1.29, 1.82) is 5.26 Å². The normalized spacial score (nSPS) is 12.7. The second-order valence-electron chi connectivity index (χ2n) is 5.51. The molecule has 0 aromatic heterocycles. The zero-order chi connectivity index (χ0) is 16.4. The molecule has 0 saturated heterocycles. The van der Waals surface area contributed by atoms with Gasteiger partial charge in [-0.15, -0.1) is 0 Å². The van der Waals surface area contributed by atoms with Crippen molar-refractivity contribution in [3.8, 4) is 6.07 Å². The lowest BCUT2D eigenvalue weighted by molar-refractivity contribution is -0.117. The molecule has 23 heavy (non-hydrogen) atoms. The van der Waals surface area contributed by atoms with Gasteiger partial charge in [0, 0.05) is 18.4 Å². The fourth-order valence-corrected chi connectivity index (χ4v) is 2.69. The van der Waals surface area contributed by atoms with Crippen LogP contribution >= 0.6 is 0 Å². The van der Waals surface area contributed by atoms with Crippen molar-refractivity contribution < 1.29 is 9.59 Å². The molecular formula is C18H15N3O2. The van der Waals surface area contributed by atoms with Crippen molar-refractivity contribution in [2.45, 2.75) is 12.8 Å². The molecule has 1 heterocycles. The molecule has 0 bridgehead atoms. The van der Waals surface area contributed by atoms with E-state index in [9.17, 15) is 9.59 Å². The highest BCUT2D eigenvalue weighted by Gasteiger charge is 2.24. The minimum Gasteiger partial charge on any atom is -0.326 e. The fourth-order valence-electron chi connectivity index (χ4n) is 2.69. The van der Waals surface area contributed by atoms with Gasteiger partial charge in [-0.3, -0.25) is 9.59 Å². The third-order valence-electron chi connectivity index (χ3n) is 3.86. The minimum atomic E-state index is -0.155. The van der Waals surface area contributed by atoms with E-state index < -0.39 is 0 Å². The van der Waals surface area contributed by atoms with Gasteiger partial charge in [0.15, 0.2) is 0 Å². The lowest BCUT2D eigenvalue weighted by atomic mass is 10.1. The summed E-state index contributed by atoms with van der Waals surface area (Å²) in [5.74, 6) is -0.0902. The summed E-state index contributed by atoms with van der Waals surface area (Å²) in [7, 11) is 1.75. The number of nitrogens with zero attached hydrogens (tertiary/aromatic N) is 2. The summed E-state index contributed by atoms with van der Waals surface area (Å²) in [5, 5.41) is 11.7. The second kappa shape index (κ2) is 5.93. The van der Waals surface area contributed by atoms with Gasteiger partial charge in [0.2, 0.25) is 11.8 Å². The van der Waals surface area contributed by atoms with Crippen LogP contribution in [0.15, 0.2) is 42.5 Å². The lowest BCUT2D eigenvalue weighted by Crippen LogP contribution is -2.20. The van der Waals surface area contributed by atoms with Gasteiger partial charge in [-0.25, -0.2) is 0 Å². The number of hydrogen-bond donors (Lipinski definition) is 1. The summed E-state index contributed by atoms with van der Waals surface area (Å²) in [6.07, 6.45) is 0.605. The quantitative estimate of drug-likeness (QED) is 0.945. The molecule has 2 aromatic rings. The van der Waals surface area contributed by atoms with Crippen LogP contribution in [-0.4, -0.2) is 18.9 Å². The summed E-state index contributed by atoms with van der Waals surface area (Å²) in [6.45, 7) is 0. The summed E-state index contributed by atoms with van der Waals surface area (Å²) in [4.78, 5) is 25.5. The number of likely N-dealkylation sites (N-methyl/N-ethyl adjacent to an activating group) is 1. The molecule has 2 amide bonds. The average Bonchev–Trinajstić information content (AvgIpc) is 2.81. The molecular weight excluding hydrogens is 290 g/mol. The second-order valence-corrected chi connectivity index (χ2v) is 5.51. The fraction of sp³-hybridized carbons (Fsp3) is 0.167. The molecule has 1 aliphatic heterocycles. The Hall–Kier alpha value is -3.13. The Morgan fingerprint density at radius 2 is 2.13 bits per heavy atom. The Labute approximate surface area is 134 Å². The number of anilines is 2. The van der Waals surface area contributed by atoms with Crippen LogP contribution in [0.3, 0.4) is 0 Å². The van der Waals surface area contributed by atoms with Crippen molar-refractivity contribution in [1.82, 2.24) is 0 Å². The summed E-state index contributed by atoms with van der Waals surface area (Å²) in [6, 6.07) is 14.5. The van der Waals surface area contributed by atoms with E-state index in [-0.39, 0.29) is 18.2 Å². The Morgan fingerprint density at radius 3 is 2.91 bits per heavy atom. The van der Waals surface area contributed by atoms with Crippen LogP contribution in [0.2, 0.25) is 0 Å². The van der Waals surface area contributed by atoms with Gasteiger partial charge >= 0.3 is 0 Å². The summed E-state index contributed by atoms with van der Waals surface area (Å²) in [5.41, 5.74) is 3.82. The molecule has 2 aromatic carbocycles. The number of hydrogen-bond acceptors (Lipinski definition) is 3. The first-order valence-electron chi connectivity index (χ1n) is 7.25. The molecule has 0 fully saturated rings. The van der Waals surface area contributed by atoms with Gasteiger partial charge in [0.1, 0.15) is 0 Å². The molecule has 1 aliphatic rings. The number of carbonyl (C=O) groups excluding carboxylic acids is 2. The Balaban J connectivity index is 1.70. The monoisotopic (exact) mass is 305 g/mol. The highest BCUT2D eigenvalue weighted by molar-refractivity contribution is 6.01. The van der Waals surface area contributed by atoms with E-state index in [2.05, 4.69) is 5.32 Å². The van der Waals surface area contributed by atoms with Crippen molar-refractivity contribution in [3.05, 3.63) is 59.2 Å². The van der Waals surface area contributed by atoms with Crippen molar-refractivity contribution >= 4 is 23.2 Å². The van der Waals surface area contributed by atoms with E-state index in [4.69, 9.17) is 5.26 Å². The number of fused-ring (bicyclic) bond motifs is 1. The van der Waals surface area contributed by atoms with Gasteiger partial charge in [-0.05, 0) is 35.4 Å². The number of nitriles is 1. The number of carbonyl (C=O) groups is 2. The van der Waals surface area contributed by atoms with Crippen LogP contribution < -0.4 is 10.2 Å². The van der Waals surface area contributed by atoms with Crippen molar-refractivity contribution in [2.75, 3.05) is 17.3 Å². The molecule has 0 saturated carbocycles. The standard InChI is InChI=1S/C18H15N3O2/c1-21-16-6-5-12(7-14(16)10-18(21)23)9-17(22)20-15-4-2-3-13(8-15)11-19/h2-8H,9-10H2,1H3,(H,20,22). The Bertz CT molecular complexity index is 836. The maximum atomic E-state index is 12.1. The SMILES string of the molecule is CN1C(=O)Cc2cc(CC(=O)Nc3cccc(C#N)c3)ccc21. The maximum absolute atomic E-state index is 12.1. The number of benzene rings is 2. The van der Waals surface area contributed by atoms with Crippen molar-refractivity contribution in [2.24, 2.45) is 0 Å². The first-order chi connectivity index (χ1) is 11.1. The third kappa shape index (κ3) is 3.06. The molecule has 1 N–H and O–H groups in total. The lowest BCUT2D eigenvalue weighted by Gasteiger charge is -2.10. The molecule has 5 nitrogen and oxygen atoms in total. The zero-order valence-electron chi connectivity index (χ0n) is 12.7. The van der Waals surface area contributed by atoms with Crippen LogP contribution in [0.5, 0.6) is 0 Å². The largest absolute Gasteiger partial charge is 0.326 e. The summed E-state index contributed by atoms with van der Waals surface area (Å²) >= 11 is 0. The van der Waals surface area contributed by atoms with Crippen LogP contribution in [0, 0.1) is 11.3 Å². The van der Waals surface area contributed by atoms with Gasteiger partial charge < -0.3 is 10.2 Å². The molecule has 0 spiro atoms. The minimum absolute atomic E-state index is 0.0647. The average molecular weight is 305 g/mol. The molecule has 0 aliphatic carbocycles.